The smallest absolute Gasteiger partial charge is 0.239 e. The first kappa shape index (κ1) is 24.9. The lowest BCUT2D eigenvalue weighted by Crippen LogP contribution is -2.24. The zero-order chi connectivity index (χ0) is 25.8. The molecule has 0 aliphatic heterocycles. The van der Waals surface area contributed by atoms with Crippen molar-refractivity contribution in [3.8, 4) is 34.0 Å². The molecule has 0 spiro atoms. The number of methoxy groups -OCH3 is 2. The summed E-state index contributed by atoms with van der Waals surface area (Å²) in [6.45, 7) is 1.99. The Kier molecular flexibility index (Phi) is 7.43. The molecule has 5 rings (SSSR count). The van der Waals surface area contributed by atoms with Gasteiger partial charge in [0.15, 0.2) is 10.3 Å². The quantitative estimate of drug-likeness (QED) is 0.202. The minimum absolute atomic E-state index is 0.0973. The first-order valence-corrected chi connectivity index (χ1v) is 13.5. The van der Waals surface area contributed by atoms with Crippen LogP contribution in [0.15, 0.2) is 78.0 Å². The van der Waals surface area contributed by atoms with Gasteiger partial charge in [-0.25, -0.2) is 9.97 Å². The fourth-order valence-electron chi connectivity index (χ4n) is 3.90. The van der Waals surface area contributed by atoms with Crippen LogP contribution in [0.25, 0.3) is 32.7 Å². The second-order valence-corrected chi connectivity index (χ2v) is 10.4. The van der Waals surface area contributed by atoms with Crippen LogP contribution in [-0.2, 0) is 4.79 Å². The van der Waals surface area contributed by atoms with E-state index in [0.717, 1.165) is 44.2 Å². The van der Waals surface area contributed by atoms with Crippen molar-refractivity contribution < 1.29 is 14.3 Å². The molecule has 7 nitrogen and oxygen atoms in total. The number of nitrogens with zero attached hydrogens (tertiary/aromatic N) is 2. The minimum atomic E-state index is -0.342. The fourth-order valence-corrected chi connectivity index (χ4v) is 5.68. The lowest BCUT2D eigenvalue weighted by molar-refractivity contribution is -0.115. The normalized spacial score (nSPS) is 11.9. The van der Waals surface area contributed by atoms with Crippen molar-refractivity contribution in [2.45, 2.75) is 23.8 Å². The summed E-state index contributed by atoms with van der Waals surface area (Å²) in [5, 5.41) is 3.92. The molecule has 188 valence electrons. The van der Waals surface area contributed by atoms with Gasteiger partial charge in [0.2, 0.25) is 5.91 Å². The number of ether oxygens (including phenoxy) is 2. The summed E-state index contributed by atoms with van der Waals surface area (Å²) in [6.07, 6.45) is 0.637. The highest BCUT2D eigenvalue weighted by molar-refractivity contribution is 8.00. The predicted molar refractivity (Wildman–Crippen MR) is 151 cm³/mol. The molecule has 5 aromatic rings. The molecule has 2 heterocycles. The van der Waals surface area contributed by atoms with Crippen molar-refractivity contribution >= 4 is 44.4 Å². The molecular weight excluding hydrogens is 504 g/mol. The maximum atomic E-state index is 13.2. The number of H-pyrrole nitrogens is 1. The standard InChI is InChI=1S/C28H26N4O3S2/c1-4-22(26(33)32-27-29-21-7-5-6-8-23(21)37-27)36-28-30-24(17-9-13-19(34-2)14-10-17)25(31-28)18-11-15-20(35-3)16-12-18/h5-16,22H,4H2,1-3H3,(H,30,31)(H,29,32,33). The highest BCUT2D eigenvalue weighted by Gasteiger charge is 2.23. The molecule has 1 amide bonds. The number of benzene rings is 3. The molecule has 0 radical (unpaired) electrons. The number of thioether (sulfide) groups is 1. The van der Waals surface area contributed by atoms with E-state index >= 15 is 0 Å². The van der Waals surface area contributed by atoms with E-state index in [1.165, 1.54) is 23.1 Å². The Hall–Kier alpha value is -3.82. The van der Waals surface area contributed by atoms with Crippen molar-refractivity contribution in [3.05, 3.63) is 72.8 Å². The number of carbonyl (C=O) groups excluding carboxylic acids is 1. The summed E-state index contributed by atoms with van der Waals surface area (Å²) in [4.78, 5) is 26.1. The molecule has 0 aliphatic carbocycles. The third kappa shape index (κ3) is 5.47. The number of thiazole rings is 1. The maximum Gasteiger partial charge on any atom is 0.239 e. The number of anilines is 1. The molecule has 0 saturated carbocycles. The predicted octanol–water partition coefficient (Wildman–Crippen LogP) is 6.88. The van der Waals surface area contributed by atoms with Gasteiger partial charge in [0.05, 0.1) is 41.1 Å². The molecule has 0 fully saturated rings. The first-order valence-electron chi connectivity index (χ1n) is 11.8. The summed E-state index contributed by atoms with van der Waals surface area (Å²) in [5.41, 5.74) is 4.47. The van der Waals surface area contributed by atoms with Crippen LogP contribution in [0.2, 0.25) is 0 Å². The summed E-state index contributed by atoms with van der Waals surface area (Å²) >= 11 is 2.88. The van der Waals surface area contributed by atoms with Gasteiger partial charge in [-0.05, 0) is 67.1 Å². The van der Waals surface area contributed by atoms with Crippen molar-refractivity contribution in [1.29, 1.82) is 0 Å². The van der Waals surface area contributed by atoms with Crippen molar-refractivity contribution in [3.63, 3.8) is 0 Å². The molecule has 1 unspecified atom stereocenters. The van der Waals surface area contributed by atoms with Gasteiger partial charge in [0.1, 0.15) is 11.5 Å². The number of aromatic amines is 1. The molecule has 1 atom stereocenters. The van der Waals surface area contributed by atoms with Crippen molar-refractivity contribution in [1.82, 2.24) is 15.0 Å². The average Bonchev–Trinajstić information content (AvgIpc) is 3.55. The second-order valence-electron chi connectivity index (χ2n) is 8.21. The molecule has 0 saturated heterocycles. The zero-order valence-electron chi connectivity index (χ0n) is 20.6. The fraction of sp³-hybridized carbons (Fsp3) is 0.179. The molecular formula is C28H26N4O3S2. The van der Waals surface area contributed by atoms with Gasteiger partial charge in [-0.15, -0.1) is 0 Å². The monoisotopic (exact) mass is 530 g/mol. The zero-order valence-corrected chi connectivity index (χ0v) is 22.3. The van der Waals surface area contributed by atoms with Crippen LogP contribution in [0.1, 0.15) is 13.3 Å². The van der Waals surface area contributed by atoms with Crippen LogP contribution < -0.4 is 14.8 Å². The molecule has 37 heavy (non-hydrogen) atoms. The summed E-state index contributed by atoms with van der Waals surface area (Å²) in [5.74, 6) is 1.46. The Bertz CT molecular complexity index is 1410. The number of imidazole rings is 1. The first-order chi connectivity index (χ1) is 18.1. The van der Waals surface area contributed by atoms with Crippen molar-refractivity contribution in [2.75, 3.05) is 19.5 Å². The van der Waals surface area contributed by atoms with Crippen LogP contribution in [0, 0.1) is 0 Å². The summed E-state index contributed by atoms with van der Waals surface area (Å²) in [7, 11) is 3.29. The van der Waals surface area contributed by atoms with Crippen LogP contribution in [0.5, 0.6) is 11.5 Å². The number of para-hydroxylation sites is 1. The Morgan fingerprint density at radius 2 is 1.59 bits per heavy atom. The minimum Gasteiger partial charge on any atom is -0.497 e. The van der Waals surface area contributed by atoms with Gasteiger partial charge in [0.25, 0.3) is 0 Å². The molecule has 0 bridgehead atoms. The van der Waals surface area contributed by atoms with E-state index in [1.807, 2.05) is 79.7 Å². The largest absolute Gasteiger partial charge is 0.497 e. The van der Waals surface area contributed by atoms with E-state index in [2.05, 4.69) is 15.3 Å². The van der Waals surface area contributed by atoms with E-state index in [-0.39, 0.29) is 11.2 Å². The van der Waals surface area contributed by atoms with Gasteiger partial charge in [-0.2, -0.15) is 0 Å². The van der Waals surface area contributed by atoms with E-state index in [4.69, 9.17) is 14.5 Å². The molecule has 3 aromatic carbocycles. The SMILES string of the molecule is CCC(Sc1nc(-c2ccc(OC)cc2)c(-c2ccc(OC)cc2)[nH]1)C(=O)Nc1nc2ccccc2s1. The number of hydrogen-bond acceptors (Lipinski definition) is 7. The van der Waals surface area contributed by atoms with Gasteiger partial charge < -0.3 is 19.8 Å². The average molecular weight is 531 g/mol. The number of amides is 1. The van der Waals surface area contributed by atoms with E-state index in [9.17, 15) is 4.79 Å². The third-order valence-electron chi connectivity index (χ3n) is 5.87. The summed E-state index contributed by atoms with van der Waals surface area (Å²) < 4.78 is 11.7. The Morgan fingerprint density at radius 3 is 2.22 bits per heavy atom. The molecule has 2 aromatic heterocycles. The van der Waals surface area contributed by atoms with Gasteiger partial charge in [-0.3, -0.25) is 4.79 Å². The third-order valence-corrected chi connectivity index (χ3v) is 8.07. The van der Waals surface area contributed by atoms with E-state index in [0.29, 0.717) is 16.7 Å². The van der Waals surface area contributed by atoms with Gasteiger partial charge in [-0.1, -0.05) is 42.2 Å². The van der Waals surface area contributed by atoms with Crippen LogP contribution in [0.4, 0.5) is 5.13 Å². The van der Waals surface area contributed by atoms with Crippen molar-refractivity contribution in [2.24, 2.45) is 0 Å². The maximum absolute atomic E-state index is 13.2. The number of carbonyl (C=O) groups is 1. The Morgan fingerprint density at radius 1 is 0.946 bits per heavy atom. The topological polar surface area (TPSA) is 89.1 Å². The number of fused-ring (bicyclic) bond motifs is 1. The molecule has 2 N–H and O–H groups in total. The van der Waals surface area contributed by atoms with E-state index in [1.54, 1.807) is 14.2 Å². The number of hydrogen-bond donors (Lipinski definition) is 2. The van der Waals surface area contributed by atoms with Crippen LogP contribution in [0.3, 0.4) is 0 Å². The lowest BCUT2D eigenvalue weighted by atomic mass is 10.0. The Labute approximate surface area is 223 Å². The van der Waals surface area contributed by atoms with E-state index < -0.39 is 0 Å². The lowest BCUT2D eigenvalue weighted by Gasteiger charge is -2.11. The van der Waals surface area contributed by atoms with Crippen LogP contribution >= 0.6 is 23.1 Å². The highest BCUT2D eigenvalue weighted by atomic mass is 32.2. The molecule has 0 aliphatic rings. The number of nitrogens with one attached hydrogen (secondary N) is 2. The number of rotatable bonds is 9. The number of aromatic nitrogens is 3. The highest BCUT2D eigenvalue weighted by Crippen LogP contribution is 2.36. The Balaban J connectivity index is 1.43. The van der Waals surface area contributed by atoms with Gasteiger partial charge in [0, 0.05) is 11.1 Å². The van der Waals surface area contributed by atoms with Gasteiger partial charge >= 0.3 is 0 Å². The second kappa shape index (κ2) is 11.1. The van der Waals surface area contributed by atoms with Crippen LogP contribution in [-0.4, -0.2) is 40.3 Å². The summed E-state index contributed by atoms with van der Waals surface area (Å²) in [6, 6.07) is 23.4. The molecule has 9 heteroatoms.